The molecule has 0 rings (SSSR count). The van der Waals surface area contributed by atoms with Crippen LogP contribution in [0.5, 0.6) is 0 Å². The number of amides is 4. The van der Waals surface area contributed by atoms with E-state index in [1.54, 1.807) is 4.90 Å². The van der Waals surface area contributed by atoms with Crippen LogP contribution in [-0.4, -0.2) is 198 Å². The van der Waals surface area contributed by atoms with Crippen LogP contribution in [0.25, 0.3) is 0 Å². The van der Waals surface area contributed by atoms with Gasteiger partial charge in [0, 0.05) is 39.3 Å². The van der Waals surface area contributed by atoms with Crippen molar-refractivity contribution in [2.75, 3.05) is 152 Å². The van der Waals surface area contributed by atoms with Gasteiger partial charge in [-0.3, -0.25) is 19.3 Å². The van der Waals surface area contributed by atoms with Crippen molar-refractivity contribution in [3.05, 3.63) is 0 Å². The minimum Gasteiger partial charge on any atom is -0.463 e. The van der Waals surface area contributed by atoms with Gasteiger partial charge in [-0.1, -0.05) is 13.8 Å². The van der Waals surface area contributed by atoms with Crippen molar-refractivity contribution in [2.24, 2.45) is 0 Å². The molecule has 0 atom stereocenters. The first-order valence-electron chi connectivity index (χ1n) is 18.9. The molecule has 0 fully saturated rings. The number of alkyl carbamates (subject to hydrolysis) is 2. The molecule has 0 unspecified atom stereocenters. The van der Waals surface area contributed by atoms with E-state index in [0.29, 0.717) is 65.9 Å². The molecule has 22 nitrogen and oxygen atoms in total. The molecule has 0 saturated carbocycles. The number of Topliss-reactive ketones (excluding diaryl/α,β-unsaturated/α-hetero) is 1. The van der Waals surface area contributed by atoms with E-state index in [1.807, 2.05) is 13.8 Å². The molecule has 0 spiro atoms. The molecule has 0 radical (unpaired) electrons. The van der Waals surface area contributed by atoms with Gasteiger partial charge >= 0.3 is 24.1 Å². The van der Waals surface area contributed by atoms with E-state index in [1.165, 1.54) is 6.92 Å². The first kappa shape index (κ1) is 52.8. The lowest BCUT2D eigenvalue weighted by Gasteiger charge is -2.20. The molecular weight excluding hydrogens is 762 g/mol. The summed E-state index contributed by atoms with van der Waals surface area (Å²) in [5.74, 6) is -2.47. The standard InChI is InChI=1S/C35H63N5O17/c1-4-12-56-34(46)38-8-16-50-22-20-48-14-6-36-30(42)25-52-27-32(44)54-18-10-40(24-29(3)41)11-19-55-33(45)28-53-26-31(43)37-7-15-49-21-23-51-17-9-39-35(47)57-13-5-2/h4-28H2,1-3H3,(H,36,42)(H,37,43)(H,38,46)(H,39,47). The Morgan fingerprint density at radius 2 is 0.789 bits per heavy atom. The first-order valence-corrected chi connectivity index (χ1v) is 18.9. The second-order valence-corrected chi connectivity index (χ2v) is 11.7. The van der Waals surface area contributed by atoms with Crippen LogP contribution in [-0.2, 0) is 71.3 Å². The van der Waals surface area contributed by atoms with Gasteiger partial charge in [-0.2, -0.15) is 0 Å². The highest BCUT2D eigenvalue weighted by Crippen LogP contribution is 1.94. The molecular formula is C35H63N5O17. The molecule has 0 heterocycles. The van der Waals surface area contributed by atoms with Gasteiger partial charge in [-0.05, 0) is 19.8 Å². The van der Waals surface area contributed by atoms with Gasteiger partial charge in [0.25, 0.3) is 0 Å². The third-order valence-corrected chi connectivity index (χ3v) is 6.48. The highest BCUT2D eigenvalue weighted by molar-refractivity contribution is 5.78. The second-order valence-electron chi connectivity index (χ2n) is 11.7. The summed E-state index contributed by atoms with van der Waals surface area (Å²) in [7, 11) is 0. The van der Waals surface area contributed by atoms with Crippen molar-refractivity contribution >= 4 is 41.7 Å². The smallest absolute Gasteiger partial charge is 0.407 e. The van der Waals surface area contributed by atoms with Gasteiger partial charge in [0.05, 0.1) is 72.6 Å². The zero-order chi connectivity index (χ0) is 42.2. The Balaban J connectivity index is 3.84. The van der Waals surface area contributed by atoms with Crippen LogP contribution < -0.4 is 21.3 Å². The third-order valence-electron chi connectivity index (χ3n) is 6.48. The molecule has 0 aromatic rings. The summed E-state index contributed by atoms with van der Waals surface area (Å²) in [5, 5.41) is 10.3. The van der Waals surface area contributed by atoms with Crippen molar-refractivity contribution in [3.63, 3.8) is 0 Å². The minimum absolute atomic E-state index is 0.0270. The number of hydrogen-bond acceptors (Lipinski definition) is 18. The maximum Gasteiger partial charge on any atom is 0.407 e. The predicted octanol–water partition coefficient (Wildman–Crippen LogP) is -1.43. The zero-order valence-electron chi connectivity index (χ0n) is 33.6. The molecule has 4 N–H and O–H groups in total. The van der Waals surface area contributed by atoms with E-state index in [0.717, 1.165) is 12.8 Å². The molecule has 0 aliphatic carbocycles. The average Bonchev–Trinajstić information content (AvgIpc) is 3.17. The Kier molecular flexibility index (Phi) is 35.8. The molecule has 0 aliphatic rings. The van der Waals surface area contributed by atoms with Gasteiger partial charge in [-0.25, -0.2) is 19.2 Å². The molecule has 57 heavy (non-hydrogen) atoms. The Labute approximate surface area is 333 Å². The summed E-state index contributed by atoms with van der Waals surface area (Å²) in [5.41, 5.74) is 0. The third kappa shape index (κ3) is 38.5. The lowest BCUT2D eigenvalue weighted by atomic mass is 10.4. The number of nitrogens with one attached hydrogen (secondary N) is 4. The van der Waals surface area contributed by atoms with E-state index >= 15 is 0 Å². The first-order chi connectivity index (χ1) is 27.6. The lowest BCUT2D eigenvalue weighted by Crippen LogP contribution is -2.36. The molecule has 0 aromatic carbocycles. The summed E-state index contributed by atoms with van der Waals surface area (Å²) < 4.78 is 51.4. The van der Waals surface area contributed by atoms with Crippen molar-refractivity contribution in [3.8, 4) is 0 Å². The summed E-state index contributed by atoms with van der Waals surface area (Å²) in [6.45, 7) is 7.82. The number of carbonyl (C=O) groups excluding carboxylic acids is 7. The van der Waals surface area contributed by atoms with Crippen LogP contribution in [0.3, 0.4) is 0 Å². The second kappa shape index (κ2) is 38.7. The number of rotatable bonds is 38. The Hall–Kier alpha value is -4.19. The maximum atomic E-state index is 12.0. The fourth-order valence-corrected chi connectivity index (χ4v) is 3.91. The van der Waals surface area contributed by atoms with Gasteiger partial charge in [0.15, 0.2) is 0 Å². The van der Waals surface area contributed by atoms with Gasteiger partial charge in [-0.15, -0.1) is 0 Å². The SMILES string of the molecule is CCCOC(=O)NCCOCCOCCNC(=O)COCC(=O)OCCN(CCOC(=O)COCC(=O)NCCOCCOCCNC(=O)OCCC)CC(C)=O. The minimum atomic E-state index is -0.708. The number of ketones is 1. The molecule has 4 amide bonds. The van der Waals surface area contributed by atoms with E-state index < -0.39 is 49.2 Å². The number of nitrogens with zero attached hydrogens (tertiary/aromatic N) is 1. The Morgan fingerprint density at radius 3 is 1.14 bits per heavy atom. The maximum absolute atomic E-state index is 12.0. The Morgan fingerprint density at radius 1 is 0.421 bits per heavy atom. The normalized spacial score (nSPS) is 10.7. The Bertz CT molecular complexity index is 1040. The summed E-state index contributed by atoms with van der Waals surface area (Å²) >= 11 is 0. The van der Waals surface area contributed by atoms with Crippen LogP contribution in [0.15, 0.2) is 0 Å². The fourth-order valence-electron chi connectivity index (χ4n) is 3.91. The number of hydrogen-bond donors (Lipinski definition) is 4. The highest BCUT2D eigenvalue weighted by atomic mass is 16.6. The monoisotopic (exact) mass is 825 g/mol. The zero-order valence-corrected chi connectivity index (χ0v) is 33.6. The molecule has 0 bridgehead atoms. The van der Waals surface area contributed by atoms with Crippen LogP contribution in [0.2, 0.25) is 0 Å². The summed E-state index contributed by atoms with van der Waals surface area (Å²) in [6.07, 6.45) is 0.511. The highest BCUT2D eigenvalue weighted by Gasteiger charge is 2.13. The van der Waals surface area contributed by atoms with Gasteiger partial charge in [0.2, 0.25) is 11.8 Å². The molecule has 22 heteroatoms. The van der Waals surface area contributed by atoms with E-state index in [4.69, 9.17) is 47.4 Å². The van der Waals surface area contributed by atoms with Crippen LogP contribution in [0.1, 0.15) is 33.6 Å². The largest absolute Gasteiger partial charge is 0.463 e. The molecule has 330 valence electrons. The van der Waals surface area contributed by atoms with E-state index in [2.05, 4.69) is 21.3 Å². The van der Waals surface area contributed by atoms with Gasteiger partial charge < -0.3 is 68.6 Å². The van der Waals surface area contributed by atoms with Crippen LogP contribution in [0, 0.1) is 0 Å². The van der Waals surface area contributed by atoms with Gasteiger partial charge in [0.1, 0.15) is 45.4 Å². The fraction of sp³-hybridized carbons (Fsp3) is 0.800. The van der Waals surface area contributed by atoms with Crippen LogP contribution >= 0.6 is 0 Å². The van der Waals surface area contributed by atoms with E-state index in [9.17, 15) is 33.6 Å². The summed E-state index contributed by atoms with van der Waals surface area (Å²) in [6, 6.07) is 0. The molecule has 0 aromatic heterocycles. The molecule has 0 saturated heterocycles. The van der Waals surface area contributed by atoms with Crippen LogP contribution in [0.4, 0.5) is 9.59 Å². The number of esters is 2. The topological polar surface area (TPSA) is 263 Å². The number of carbonyl (C=O) groups is 7. The summed E-state index contributed by atoms with van der Waals surface area (Å²) in [4.78, 5) is 83.6. The average molecular weight is 826 g/mol. The van der Waals surface area contributed by atoms with Crippen molar-refractivity contribution < 1.29 is 80.9 Å². The number of ether oxygens (including phenoxy) is 10. The van der Waals surface area contributed by atoms with Crippen molar-refractivity contribution in [2.45, 2.75) is 33.6 Å². The predicted molar refractivity (Wildman–Crippen MR) is 199 cm³/mol. The molecule has 0 aliphatic heterocycles. The van der Waals surface area contributed by atoms with Crippen molar-refractivity contribution in [1.29, 1.82) is 0 Å². The quantitative estimate of drug-likeness (QED) is 0.0316. The lowest BCUT2D eigenvalue weighted by molar-refractivity contribution is -0.150. The van der Waals surface area contributed by atoms with E-state index in [-0.39, 0.29) is 78.1 Å². The van der Waals surface area contributed by atoms with Crippen molar-refractivity contribution in [1.82, 2.24) is 26.2 Å².